The minimum absolute atomic E-state index is 0.150. The van der Waals surface area contributed by atoms with Crippen LogP contribution in [0.4, 0.5) is 11.4 Å². The van der Waals surface area contributed by atoms with E-state index < -0.39 is 0 Å². The van der Waals surface area contributed by atoms with Crippen LogP contribution in [0.2, 0.25) is 0 Å². The van der Waals surface area contributed by atoms with Gasteiger partial charge in [0.05, 0.1) is 17.9 Å². The van der Waals surface area contributed by atoms with Crippen molar-refractivity contribution in [3.05, 3.63) is 48.5 Å². The lowest BCUT2D eigenvalue weighted by Crippen LogP contribution is -2.17. The maximum absolute atomic E-state index is 4.34. The van der Waals surface area contributed by atoms with Gasteiger partial charge in [0.15, 0.2) is 0 Å². The SMILES string of the molecule is CC(Nc1cccc(N2CCCC2)c1)c1cnccn1. The summed E-state index contributed by atoms with van der Waals surface area (Å²) in [5.74, 6) is 0. The molecule has 0 bridgehead atoms. The van der Waals surface area contributed by atoms with E-state index in [2.05, 4.69) is 51.4 Å². The van der Waals surface area contributed by atoms with Gasteiger partial charge in [0.25, 0.3) is 0 Å². The number of hydrogen-bond donors (Lipinski definition) is 1. The number of rotatable bonds is 4. The topological polar surface area (TPSA) is 41.0 Å². The molecule has 0 spiro atoms. The van der Waals surface area contributed by atoms with E-state index in [1.54, 1.807) is 12.4 Å². The highest BCUT2D eigenvalue weighted by atomic mass is 15.1. The zero-order valence-corrected chi connectivity index (χ0v) is 11.8. The molecule has 1 N–H and O–H groups in total. The van der Waals surface area contributed by atoms with Crippen LogP contribution >= 0.6 is 0 Å². The van der Waals surface area contributed by atoms with Gasteiger partial charge in [0, 0.05) is 36.9 Å². The van der Waals surface area contributed by atoms with Gasteiger partial charge in [-0.3, -0.25) is 9.97 Å². The average Bonchev–Trinajstić information content (AvgIpc) is 3.03. The molecule has 1 unspecified atom stereocenters. The fraction of sp³-hybridized carbons (Fsp3) is 0.375. The Kier molecular flexibility index (Phi) is 3.81. The molecule has 1 aromatic heterocycles. The molecule has 0 aliphatic carbocycles. The number of nitrogens with one attached hydrogen (secondary N) is 1. The first-order chi connectivity index (χ1) is 9.83. The van der Waals surface area contributed by atoms with E-state index in [0.717, 1.165) is 11.4 Å². The van der Waals surface area contributed by atoms with Gasteiger partial charge in [-0.1, -0.05) is 6.07 Å². The normalized spacial score (nSPS) is 16.1. The van der Waals surface area contributed by atoms with Crippen molar-refractivity contribution in [2.75, 3.05) is 23.3 Å². The number of hydrogen-bond acceptors (Lipinski definition) is 4. The van der Waals surface area contributed by atoms with E-state index in [4.69, 9.17) is 0 Å². The summed E-state index contributed by atoms with van der Waals surface area (Å²) < 4.78 is 0. The fourth-order valence-corrected chi connectivity index (χ4v) is 2.63. The van der Waals surface area contributed by atoms with Gasteiger partial charge in [-0.05, 0) is 38.0 Å². The van der Waals surface area contributed by atoms with Crippen molar-refractivity contribution >= 4 is 11.4 Å². The smallest absolute Gasteiger partial charge is 0.0806 e. The predicted octanol–water partition coefficient (Wildman–Crippen LogP) is 3.25. The van der Waals surface area contributed by atoms with Crippen LogP contribution in [-0.2, 0) is 0 Å². The minimum Gasteiger partial charge on any atom is -0.377 e. The lowest BCUT2D eigenvalue weighted by atomic mass is 10.2. The second kappa shape index (κ2) is 5.90. The fourth-order valence-electron chi connectivity index (χ4n) is 2.63. The molecule has 4 heteroatoms. The van der Waals surface area contributed by atoms with E-state index in [1.165, 1.54) is 31.6 Å². The van der Waals surface area contributed by atoms with Crippen LogP contribution in [0.3, 0.4) is 0 Å². The molecule has 2 heterocycles. The molecule has 1 aliphatic heterocycles. The van der Waals surface area contributed by atoms with E-state index in [1.807, 2.05) is 6.20 Å². The highest BCUT2D eigenvalue weighted by molar-refractivity contribution is 5.59. The van der Waals surface area contributed by atoms with E-state index in [9.17, 15) is 0 Å². The molecule has 1 fully saturated rings. The highest BCUT2D eigenvalue weighted by Crippen LogP contribution is 2.25. The third kappa shape index (κ3) is 2.90. The Labute approximate surface area is 119 Å². The molecule has 4 nitrogen and oxygen atoms in total. The minimum atomic E-state index is 0.150. The maximum atomic E-state index is 4.34. The lowest BCUT2D eigenvalue weighted by Gasteiger charge is -2.20. The summed E-state index contributed by atoms with van der Waals surface area (Å²) in [5, 5.41) is 3.49. The van der Waals surface area contributed by atoms with Crippen LogP contribution in [-0.4, -0.2) is 23.1 Å². The quantitative estimate of drug-likeness (QED) is 0.924. The maximum Gasteiger partial charge on any atom is 0.0806 e. The first kappa shape index (κ1) is 12.9. The van der Waals surface area contributed by atoms with Gasteiger partial charge >= 0.3 is 0 Å². The third-order valence-corrected chi connectivity index (χ3v) is 3.73. The second-order valence-electron chi connectivity index (χ2n) is 5.24. The van der Waals surface area contributed by atoms with Crippen molar-refractivity contribution in [1.82, 2.24) is 9.97 Å². The summed E-state index contributed by atoms with van der Waals surface area (Å²) in [6.07, 6.45) is 7.84. The summed E-state index contributed by atoms with van der Waals surface area (Å²) in [5.41, 5.74) is 3.39. The van der Waals surface area contributed by atoms with E-state index in [0.29, 0.717) is 0 Å². The van der Waals surface area contributed by atoms with Gasteiger partial charge < -0.3 is 10.2 Å². The lowest BCUT2D eigenvalue weighted by molar-refractivity contribution is 0.827. The number of benzene rings is 1. The van der Waals surface area contributed by atoms with Crippen LogP contribution < -0.4 is 10.2 Å². The van der Waals surface area contributed by atoms with Crippen LogP contribution in [0, 0.1) is 0 Å². The summed E-state index contributed by atoms with van der Waals surface area (Å²) in [6, 6.07) is 8.77. The number of anilines is 2. The summed E-state index contributed by atoms with van der Waals surface area (Å²) in [6.45, 7) is 4.44. The number of aromatic nitrogens is 2. The Balaban J connectivity index is 1.72. The molecule has 0 radical (unpaired) electrons. The van der Waals surface area contributed by atoms with Crippen molar-refractivity contribution in [3.8, 4) is 0 Å². The van der Waals surface area contributed by atoms with Crippen molar-refractivity contribution in [3.63, 3.8) is 0 Å². The molecule has 1 aliphatic rings. The first-order valence-electron chi connectivity index (χ1n) is 7.20. The molecule has 20 heavy (non-hydrogen) atoms. The Bertz CT molecular complexity index is 549. The third-order valence-electron chi connectivity index (χ3n) is 3.73. The van der Waals surface area contributed by atoms with Gasteiger partial charge in [0.1, 0.15) is 0 Å². The highest BCUT2D eigenvalue weighted by Gasteiger charge is 2.13. The molecule has 1 saturated heterocycles. The van der Waals surface area contributed by atoms with Crippen molar-refractivity contribution in [1.29, 1.82) is 0 Å². The van der Waals surface area contributed by atoms with Crippen molar-refractivity contribution < 1.29 is 0 Å². The van der Waals surface area contributed by atoms with Gasteiger partial charge in [-0.15, -0.1) is 0 Å². The van der Waals surface area contributed by atoms with Gasteiger partial charge in [0.2, 0.25) is 0 Å². The first-order valence-corrected chi connectivity index (χ1v) is 7.20. The monoisotopic (exact) mass is 268 g/mol. The zero-order chi connectivity index (χ0) is 13.8. The van der Waals surface area contributed by atoms with Crippen LogP contribution in [0.15, 0.2) is 42.9 Å². The Morgan fingerprint density at radius 2 is 2.05 bits per heavy atom. The summed E-state index contributed by atoms with van der Waals surface area (Å²) in [4.78, 5) is 10.9. The van der Waals surface area contributed by atoms with Crippen LogP contribution in [0.1, 0.15) is 31.5 Å². The summed E-state index contributed by atoms with van der Waals surface area (Å²) in [7, 11) is 0. The summed E-state index contributed by atoms with van der Waals surface area (Å²) >= 11 is 0. The molecule has 0 amide bonds. The van der Waals surface area contributed by atoms with E-state index in [-0.39, 0.29) is 6.04 Å². The molecule has 3 rings (SSSR count). The molecule has 0 saturated carbocycles. The Hall–Kier alpha value is -2.10. The molecular weight excluding hydrogens is 248 g/mol. The molecular formula is C16H20N4. The molecule has 1 aromatic carbocycles. The standard InChI is InChI=1S/C16H20N4/c1-13(16-12-17-7-8-18-16)19-14-5-4-6-15(11-14)20-9-2-3-10-20/h4-8,11-13,19H,2-3,9-10H2,1H3. The Morgan fingerprint density at radius 1 is 1.20 bits per heavy atom. The second-order valence-corrected chi connectivity index (χ2v) is 5.24. The predicted molar refractivity (Wildman–Crippen MR) is 82.0 cm³/mol. The molecule has 1 atom stereocenters. The number of nitrogens with zero attached hydrogens (tertiary/aromatic N) is 3. The van der Waals surface area contributed by atoms with Crippen LogP contribution in [0.25, 0.3) is 0 Å². The van der Waals surface area contributed by atoms with E-state index >= 15 is 0 Å². The van der Waals surface area contributed by atoms with Gasteiger partial charge in [-0.25, -0.2) is 0 Å². The average molecular weight is 268 g/mol. The van der Waals surface area contributed by atoms with Crippen molar-refractivity contribution in [2.24, 2.45) is 0 Å². The Morgan fingerprint density at radius 3 is 2.80 bits per heavy atom. The largest absolute Gasteiger partial charge is 0.377 e. The molecule has 2 aromatic rings. The zero-order valence-electron chi connectivity index (χ0n) is 11.8. The van der Waals surface area contributed by atoms with Crippen molar-refractivity contribution in [2.45, 2.75) is 25.8 Å². The van der Waals surface area contributed by atoms with Crippen LogP contribution in [0.5, 0.6) is 0 Å². The molecule has 104 valence electrons. The van der Waals surface area contributed by atoms with Gasteiger partial charge in [-0.2, -0.15) is 0 Å².